The summed E-state index contributed by atoms with van der Waals surface area (Å²) in [6.45, 7) is 5.57. The van der Waals surface area contributed by atoms with Gasteiger partial charge in [-0.05, 0) is 26.3 Å². The molecular weight excluding hydrogens is 224 g/mol. The minimum absolute atomic E-state index is 0.0378. The average Bonchev–Trinajstić information content (AvgIpc) is 2.83. The molecule has 6 heteroatoms. The minimum atomic E-state index is -0.0378. The Bertz CT molecular complexity index is 379. The second-order valence-electron chi connectivity index (χ2n) is 3.91. The summed E-state index contributed by atoms with van der Waals surface area (Å²) in [4.78, 5) is 18.0. The van der Waals surface area contributed by atoms with E-state index in [1.54, 1.807) is 4.90 Å². The SMILES string of the molecule is CCCNC1CCN(c2nc(C)ns2)C1=O. The summed E-state index contributed by atoms with van der Waals surface area (Å²) in [7, 11) is 0. The fourth-order valence-electron chi connectivity index (χ4n) is 1.77. The van der Waals surface area contributed by atoms with Gasteiger partial charge in [-0.3, -0.25) is 9.69 Å². The Hall–Kier alpha value is -1.01. The Morgan fingerprint density at radius 3 is 3.06 bits per heavy atom. The third kappa shape index (κ3) is 2.22. The number of anilines is 1. The van der Waals surface area contributed by atoms with Gasteiger partial charge in [0, 0.05) is 18.1 Å². The van der Waals surface area contributed by atoms with Crippen molar-refractivity contribution in [2.45, 2.75) is 32.7 Å². The van der Waals surface area contributed by atoms with E-state index < -0.39 is 0 Å². The first kappa shape index (κ1) is 11.5. The number of nitrogens with zero attached hydrogens (tertiary/aromatic N) is 3. The highest BCUT2D eigenvalue weighted by Crippen LogP contribution is 2.23. The van der Waals surface area contributed by atoms with Crippen LogP contribution in [0.1, 0.15) is 25.6 Å². The molecule has 0 aliphatic carbocycles. The Morgan fingerprint density at radius 2 is 2.44 bits per heavy atom. The summed E-state index contributed by atoms with van der Waals surface area (Å²) < 4.78 is 4.10. The molecule has 1 aromatic rings. The summed E-state index contributed by atoms with van der Waals surface area (Å²) in [6, 6.07) is -0.0378. The van der Waals surface area contributed by atoms with Crippen LogP contribution in [-0.2, 0) is 4.79 Å². The summed E-state index contributed by atoms with van der Waals surface area (Å²) in [5.41, 5.74) is 0. The van der Waals surface area contributed by atoms with Crippen LogP contribution >= 0.6 is 11.5 Å². The fraction of sp³-hybridized carbons (Fsp3) is 0.700. The van der Waals surface area contributed by atoms with Gasteiger partial charge in [-0.25, -0.2) is 4.98 Å². The molecule has 1 aliphatic heterocycles. The molecule has 1 amide bonds. The zero-order valence-electron chi connectivity index (χ0n) is 9.56. The molecular formula is C10H16N4OS. The molecule has 1 fully saturated rings. The van der Waals surface area contributed by atoms with Crippen molar-refractivity contribution in [2.75, 3.05) is 18.0 Å². The largest absolute Gasteiger partial charge is 0.306 e. The average molecular weight is 240 g/mol. The van der Waals surface area contributed by atoms with Crippen LogP contribution in [0, 0.1) is 6.92 Å². The molecule has 1 saturated heterocycles. The lowest BCUT2D eigenvalue weighted by molar-refractivity contribution is -0.118. The molecule has 1 unspecified atom stereocenters. The molecule has 1 atom stereocenters. The lowest BCUT2D eigenvalue weighted by atomic mass is 10.2. The second-order valence-corrected chi connectivity index (χ2v) is 4.64. The third-order valence-corrected chi connectivity index (χ3v) is 3.42. The van der Waals surface area contributed by atoms with E-state index in [0.29, 0.717) is 0 Å². The van der Waals surface area contributed by atoms with Crippen molar-refractivity contribution >= 4 is 22.6 Å². The smallest absolute Gasteiger partial charge is 0.246 e. The summed E-state index contributed by atoms with van der Waals surface area (Å²) in [6.07, 6.45) is 1.90. The van der Waals surface area contributed by atoms with E-state index in [1.165, 1.54) is 11.5 Å². The number of carbonyl (C=O) groups excluding carboxylic acids is 1. The van der Waals surface area contributed by atoms with Crippen LogP contribution in [0.3, 0.4) is 0 Å². The first-order valence-corrected chi connectivity index (χ1v) is 6.34. The van der Waals surface area contributed by atoms with Gasteiger partial charge in [-0.1, -0.05) is 6.92 Å². The Balaban J connectivity index is 2.01. The molecule has 0 aromatic carbocycles. The van der Waals surface area contributed by atoms with E-state index in [2.05, 4.69) is 21.6 Å². The van der Waals surface area contributed by atoms with E-state index in [-0.39, 0.29) is 11.9 Å². The molecule has 1 aliphatic rings. The summed E-state index contributed by atoms with van der Waals surface area (Å²) in [5, 5.41) is 3.98. The highest BCUT2D eigenvalue weighted by Gasteiger charge is 2.33. The quantitative estimate of drug-likeness (QED) is 0.851. The lowest BCUT2D eigenvalue weighted by Gasteiger charge is -2.13. The monoisotopic (exact) mass is 240 g/mol. The molecule has 0 radical (unpaired) electrons. The number of hydrogen-bond acceptors (Lipinski definition) is 5. The van der Waals surface area contributed by atoms with Gasteiger partial charge in [0.2, 0.25) is 11.0 Å². The van der Waals surface area contributed by atoms with Gasteiger partial charge in [0.15, 0.2) is 0 Å². The normalized spacial score (nSPS) is 20.8. The van der Waals surface area contributed by atoms with E-state index in [1.807, 2.05) is 6.92 Å². The minimum Gasteiger partial charge on any atom is -0.306 e. The van der Waals surface area contributed by atoms with E-state index in [9.17, 15) is 4.79 Å². The first-order valence-electron chi connectivity index (χ1n) is 5.57. The van der Waals surface area contributed by atoms with Crippen LogP contribution in [0.15, 0.2) is 0 Å². The van der Waals surface area contributed by atoms with Crippen LogP contribution in [0.25, 0.3) is 0 Å². The van der Waals surface area contributed by atoms with Crippen LogP contribution in [0.2, 0.25) is 0 Å². The molecule has 0 bridgehead atoms. The Kier molecular flexibility index (Phi) is 3.50. The maximum Gasteiger partial charge on any atom is 0.246 e. The van der Waals surface area contributed by atoms with Crippen LogP contribution in [0.5, 0.6) is 0 Å². The number of aryl methyl sites for hydroxylation is 1. The Morgan fingerprint density at radius 1 is 1.62 bits per heavy atom. The lowest BCUT2D eigenvalue weighted by Crippen LogP contribution is -2.38. The topological polar surface area (TPSA) is 58.1 Å². The molecule has 2 heterocycles. The van der Waals surface area contributed by atoms with Gasteiger partial charge < -0.3 is 5.32 Å². The molecule has 0 spiro atoms. The predicted octanol–water partition coefficient (Wildman–Crippen LogP) is 0.951. The number of aromatic nitrogens is 2. The summed E-state index contributed by atoms with van der Waals surface area (Å²) >= 11 is 1.29. The van der Waals surface area contributed by atoms with Gasteiger partial charge in [-0.2, -0.15) is 4.37 Å². The number of amides is 1. The van der Waals surface area contributed by atoms with Crippen molar-refractivity contribution in [3.8, 4) is 0 Å². The van der Waals surface area contributed by atoms with Crippen LogP contribution < -0.4 is 10.2 Å². The maximum atomic E-state index is 12.0. The number of nitrogens with one attached hydrogen (secondary N) is 1. The number of rotatable bonds is 4. The molecule has 0 saturated carbocycles. The van der Waals surface area contributed by atoms with E-state index >= 15 is 0 Å². The van der Waals surface area contributed by atoms with Crippen molar-refractivity contribution < 1.29 is 4.79 Å². The van der Waals surface area contributed by atoms with Crippen molar-refractivity contribution in [2.24, 2.45) is 0 Å². The second kappa shape index (κ2) is 4.88. The molecule has 2 rings (SSSR count). The summed E-state index contributed by atoms with van der Waals surface area (Å²) in [5.74, 6) is 0.863. The van der Waals surface area contributed by atoms with Gasteiger partial charge in [0.05, 0.1) is 6.04 Å². The van der Waals surface area contributed by atoms with E-state index in [0.717, 1.165) is 36.9 Å². The number of carbonyl (C=O) groups is 1. The molecule has 1 aromatic heterocycles. The van der Waals surface area contributed by atoms with Gasteiger partial charge in [-0.15, -0.1) is 0 Å². The fourth-order valence-corrected chi connectivity index (χ4v) is 2.48. The van der Waals surface area contributed by atoms with Gasteiger partial charge >= 0.3 is 0 Å². The van der Waals surface area contributed by atoms with Gasteiger partial charge in [0.1, 0.15) is 5.82 Å². The number of hydrogen-bond donors (Lipinski definition) is 1. The van der Waals surface area contributed by atoms with Crippen molar-refractivity contribution in [3.05, 3.63) is 5.82 Å². The molecule has 5 nitrogen and oxygen atoms in total. The molecule has 88 valence electrons. The standard InChI is InChI=1S/C10H16N4OS/c1-3-5-11-8-4-6-14(9(8)15)10-12-7(2)13-16-10/h8,11H,3-6H2,1-2H3. The third-order valence-electron chi connectivity index (χ3n) is 2.59. The van der Waals surface area contributed by atoms with Crippen molar-refractivity contribution in [1.29, 1.82) is 0 Å². The van der Waals surface area contributed by atoms with Crippen molar-refractivity contribution in [1.82, 2.24) is 14.7 Å². The zero-order valence-corrected chi connectivity index (χ0v) is 10.4. The predicted molar refractivity (Wildman–Crippen MR) is 63.7 cm³/mol. The van der Waals surface area contributed by atoms with E-state index in [4.69, 9.17) is 0 Å². The zero-order chi connectivity index (χ0) is 11.5. The first-order chi connectivity index (χ1) is 7.72. The van der Waals surface area contributed by atoms with Crippen molar-refractivity contribution in [3.63, 3.8) is 0 Å². The molecule has 16 heavy (non-hydrogen) atoms. The maximum absolute atomic E-state index is 12.0. The Labute approximate surface area is 99.0 Å². The van der Waals surface area contributed by atoms with Gasteiger partial charge in [0.25, 0.3) is 0 Å². The van der Waals surface area contributed by atoms with Crippen LogP contribution in [0.4, 0.5) is 5.13 Å². The highest BCUT2D eigenvalue weighted by atomic mass is 32.1. The molecule has 1 N–H and O–H groups in total. The highest BCUT2D eigenvalue weighted by molar-refractivity contribution is 7.09. The van der Waals surface area contributed by atoms with Crippen LogP contribution in [-0.4, -0.2) is 34.4 Å².